The van der Waals surface area contributed by atoms with Gasteiger partial charge in [0, 0.05) is 17.0 Å². The maximum absolute atomic E-state index is 13.4. The van der Waals surface area contributed by atoms with Crippen molar-refractivity contribution in [2.75, 3.05) is 0 Å². The highest BCUT2D eigenvalue weighted by Gasteiger charge is 2.26. The summed E-state index contributed by atoms with van der Waals surface area (Å²) < 4.78 is 19.1. The molecule has 0 bridgehead atoms. The minimum Gasteiger partial charge on any atom is -0.431 e. The summed E-state index contributed by atoms with van der Waals surface area (Å²) in [6.07, 6.45) is 0. The highest BCUT2D eigenvalue weighted by Crippen LogP contribution is 2.40. The number of benzene rings is 2. The number of carbonyl (C=O) groups excluding carboxylic acids is 2. The standard InChI is InChI=1S/C21H15FN4O3S/c1-10-18(30-21(25-10)29-12-6-4-5-11(22)9-12)16-15(19(23)27)13-7-2-3-8-14(13)26-17(16)20(24)28/h2-9H,1H3,(H2,23,27)(H2,24,28). The van der Waals surface area contributed by atoms with Crippen LogP contribution in [0.2, 0.25) is 0 Å². The van der Waals surface area contributed by atoms with Crippen LogP contribution in [0.25, 0.3) is 21.3 Å². The second kappa shape index (κ2) is 7.53. The number of hydrogen-bond donors (Lipinski definition) is 2. The summed E-state index contributed by atoms with van der Waals surface area (Å²) >= 11 is 1.07. The van der Waals surface area contributed by atoms with Crippen LogP contribution in [0.15, 0.2) is 48.5 Å². The van der Waals surface area contributed by atoms with Crippen molar-refractivity contribution in [3.8, 4) is 21.4 Å². The van der Waals surface area contributed by atoms with E-state index < -0.39 is 17.6 Å². The zero-order valence-corrected chi connectivity index (χ0v) is 16.5. The Morgan fingerprint density at radius 1 is 1.03 bits per heavy atom. The van der Waals surface area contributed by atoms with Gasteiger partial charge in [-0.1, -0.05) is 35.6 Å². The fourth-order valence-electron chi connectivity index (χ4n) is 3.15. The zero-order chi connectivity index (χ0) is 21.4. The molecule has 0 fully saturated rings. The molecule has 2 aromatic carbocycles. The van der Waals surface area contributed by atoms with Gasteiger partial charge in [0.05, 0.1) is 21.7 Å². The zero-order valence-electron chi connectivity index (χ0n) is 15.7. The molecule has 0 atom stereocenters. The van der Waals surface area contributed by atoms with Crippen molar-refractivity contribution in [1.82, 2.24) is 9.97 Å². The van der Waals surface area contributed by atoms with Crippen molar-refractivity contribution >= 4 is 34.1 Å². The first-order valence-corrected chi connectivity index (χ1v) is 9.60. The van der Waals surface area contributed by atoms with Gasteiger partial charge in [-0.3, -0.25) is 9.59 Å². The molecule has 9 heteroatoms. The molecule has 4 aromatic rings. The number of aromatic nitrogens is 2. The lowest BCUT2D eigenvalue weighted by atomic mass is 9.97. The fourth-order valence-corrected chi connectivity index (χ4v) is 4.14. The number of halogens is 1. The monoisotopic (exact) mass is 422 g/mol. The third kappa shape index (κ3) is 3.46. The summed E-state index contributed by atoms with van der Waals surface area (Å²) in [6, 6.07) is 12.4. The average molecular weight is 422 g/mol. The Kier molecular flexibility index (Phi) is 4.88. The van der Waals surface area contributed by atoms with E-state index >= 15 is 0 Å². The summed E-state index contributed by atoms with van der Waals surface area (Å²) in [5.74, 6) is -1.73. The van der Waals surface area contributed by atoms with E-state index in [4.69, 9.17) is 16.2 Å². The highest BCUT2D eigenvalue weighted by atomic mass is 32.1. The maximum Gasteiger partial charge on any atom is 0.279 e. The number of primary amides is 2. The van der Waals surface area contributed by atoms with Gasteiger partial charge in [-0.05, 0) is 25.1 Å². The molecule has 0 radical (unpaired) electrons. The molecule has 2 heterocycles. The molecule has 0 aliphatic rings. The van der Waals surface area contributed by atoms with E-state index in [1.807, 2.05) is 0 Å². The predicted octanol–water partition coefficient (Wildman–Crippen LogP) is 3.80. The topological polar surface area (TPSA) is 121 Å². The van der Waals surface area contributed by atoms with Crippen LogP contribution in [0, 0.1) is 12.7 Å². The molecular weight excluding hydrogens is 407 g/mol. The number of amides is 2. The number of hydrogen-bond acceptors (Lipinski definition) is 6. The Balaban J connectivity index is 1.94. The summed E-state index contributed by atoms with van der Waals surface area (Å²) in [4.78, 5) is 33.7. The Morgan fingerprint density at radius 2 is 1.80 bits per heavy atom. The van der Waals surface area contributed by atoms with Crippen molar-refractivity contribution in [2.24, 2.45) is 11.5 Å². The Labute approximate surface area is 174 Å². The van der Waals surface area contributed by atoms with Gasteiger partial charge >= 0.3 is 0 Å². The van der Waals surface area contributed by atoms with Crippen LogP contribution in [0.1, 0.15) is 26.5 Å². The molecule has 0 aliphatic heterocycles. The van der Waals surface area contributed by atoms with Gasteiger partial charge in [-0.2, -0.15) is 0 Å². The van der Waals surface area contributed by atoms with Gasteiger partial charge in [0.15, 0.2) is 0 Å². The second-order valence-electron chi connectivity index (χ2n) is 6.41. The lowest BCUT2D eigenvalue weighted by Crippen LogP contribution is -2.20. The average Bonchev–Trinajstić information content (AvgIpc) is 3.05. The number of nitrogens with two attached hydrogens (primary N) is 2. The largest absolute Gasteiger partial charge is 0.431 e. The van der Waals surface area contributed by atoms with Crippen molar-refractivity contribution in [3.63, 3.8) is 0 Å². The van der Waals surface area contributed by atoms with Gasteiger partial charge in [0.2, 0.25) is 5.91 Å². The molecular formula is C21H15FN4O3S. The molecule has 4 N–H and O–H groups in total. The van der Waals surface area contributed by atoms with Crippen molar-refractivity contribution < 1.29 is 18.7 Å². The van der Waals surface area contributed by atoms with Crippen molar-refractivity contribution in [3.05, 3.63) is 71.3 Å². The molecule has 2 amide bonds. The number of aryl methyl sites for hydroxylation is 1. The first-order chi connectivity index (χ1) is 14.3. The Morgan fingerprint density at radius 3 is 2.50 bits per heavy atom. The molecule has 0 spiro atoms. The van der Waals surface area contributed by atoms with E-state index in [0.717, 1.165) is 11.3 Å². The molecule has 7 nitrogen and oxygen atoms in total. The lowest BCUT2D eigenvalue weighted by Gasteiger charge is -2.13. The van der Waals surface area contributed by atoms with E-state index in [1.54, 1.807) is 37.3 Å². The highest BCUT2D eigenvalue weighted by molar-refractivity contribution is 7.17. The minimum atomic E-state index is -0.807. The molecule has 0 aliphatic carbocycles. The molecule has 0 saturated heterocycles. The molecule has 0 saturated carbocycles. The number of para-hydroxylation sites is 1. The predicted molar refractivity (Wildman–Crippen MR) is 111 cm³/mol. The minimum absolute atomic E-state index is 0.0912. The van der Waals surface area contributed by atoms with Crippen LogP contribution in [-0.4, -0.2) is 21.8 Å². The van der Waals surface area contributed by atoms with Crippen LogP contribution in [-0.2, 0) is 0 Å². The Hall–Kier alpha value is -3.85. The molecule has 4 rings (SSSR count). The van der Waals surface area contributed by atoms with E-state index in [0.29, 0.717) is 21.5 Å². The van der Waals surface area contributed by atoms with E-state index in [1.165, 1.54) is 18.2 Å². The summed E-state index contributed by atoms with van der Waals surface area (Å²) in [5, 5.41) is 0.692. The van der Waals surface area contributed by atoms with Crippen molar-refractivity contribution in [2.45, 2.75) is 6.92 Å². The van der Waals surface area contributed by atoms with Crippen LogP contribution >= 0.6 is 11.3 Å². The summed E-state index contributed by atoms with van der Waals surface area (Å²) in [6.45, 7) is 1.69. The lowest BCUT2D eigenvalue weighted by molar-refractivity contribution is 0.0996. The Bertz CT molecular complexity index is 1320. The first-order valence-electron chi connectivity index (χ1n) is 8.78. The van der Waals surface area contributed by atoms with Crippen LogP contribution in [0.5, 0.6) is 10.9 Å². The van der Waals surface area contributed by atoms with E-state index in [9.17, 15) is 14.0 Å². The SMILES string of the molecule is Cc1nc(Oc2cccc(F)c2)sc1-c1c(C(N)=O)nc2ccccc2c1C(N)=O. The van der Waals surface area contributed by atoms with Gasteiger partial charge < -0.3 is 16.2 Å². The van der Waals surface area contributed by atoms with Gasteiger partial charge in [0.25, 0.3) is 11.1 Å². The number of fused-ring (bicyclic) bond motifs is 1. The van der Waals surface area contributed by atoms with Crippen LogP contribution < -0.4 is 16.2 Å². The van der Waals surface area contributed by atoms with Gasteiger partial charge in [0.1, 0.15) is 17.3 Å². The number of ether oxygens (including phenoxy) is 1. The van der Waals surface area contributed by atoms with Crippen LogP contribution in [0.3, 0.4) is 0 Å². The summed E-state index contributed by atoms with van der Waals surface area (Å²) in [5.41, 5.74) is 12.4. The fraction of sp³-hybridized carbons (Fsp3) is 0.0476. The van der Waals surface area contributed by atoms with Crippen molar-refractivity contribution in [1.29, 1.82) is 0 Å². The number of carbonyl (C=O) groups is 2. The number of rotatable bonds is 5. The number of pyridine rings is 1. The molecule has 150 valence electrons. The maximum atomic E-state index is 13.4. The van der Waals surface area contributed by atoms with E-state index in [-0.39, 0.29) is 27.8 Å². The van der Waals surface area contributed by atoms with Gasteiger partial charge in [-0.15, -0.1) is 0 Å². The third-order valence-corrected chi connectivity index (χ3v) is 5.43. The number of thiazole rings is 1. The second-order valence-corrected chi connectivity index (χ2v) is 7.37. The molecule has 2 aromatic heterocycles. The first kappa shape index (κ1) is 19.5. The molecule has 30 heavy (non-hydrogen) atoms. The van der Waals surface area contributed by atoms with E-state index in [2.05, 4.69) is 9.97 Å². The molecule has 0 unspecified atom stereocenters. The van der Waals surface area contributed by atoms with Crippen LogP contribution in [0.4, 0.5) is 4.39 Å². The number of nitrogens with zero attached hydrogens (tertiary/aromatic N) is 2. The quantitative estimate of drug-likeness (QED) is 0.507. The van der Waals surface area contributed by atoms with Gasteiger partial charge in [-0.25, -0.2) is 14.4 Å². The summed E-state index contributed by atoms with van der Waals surface area (Å²) in [7, 11) is 0. The third-order valence-electron chi connectivity index (χ3n) is 4.38. The normalized spacial score (nSPS) is 10.9. The smallest absolute Gasteiger partial charge is 0.279 e.